The maximum absolute atomic E-state index is 11.6. The zero-order valence-corrected chi connectivity index (χ0v) is 12.2. The summed E-state index contributed by atoms with van der Waals surface area (Å²) in [6.45, 7) is 3.06. The van der Waals surface area contributed by atoms with Crippen LogP contribution in [-0.2, 0) is 9.59 Å². The molecule has 2 N–H and O–H groups in total. The Bertz CT molecular complexity index is 273. The topological polar surface area (TPSA) is 58.2 Å². The van der Waals surface area contributed by atoms with Crippen LogP contribution >= 0.6 is 0 Å². The lowest BCUT2D eigenvalue weighted by atomic mass is 9.86. The minimum absolute atomic E-state index is 0.0685. The molecule has 110 valence electrons. The van der Waals surface area contributed by atoms with Crippen molar-refractivity contribution in [3.05, 3.63) is 0 Å². The van der Waals surface area contributed by atoms with Crippen molar-refractivity contribution in [3.8, 4) is 0 Å². The van der Waals surface area contributed by atoms with Gasteiger partial charge < -0.3 is 10.6 Å². The quantitative estimate of drug-likeness (QED) is 0.664. The van der Waals surface area contributed by atoms with Crippen molar-refractivity contribution in [1.82, 2.24) is 10.6 Å². The third kappa shape index (κ3) is 7.85. The molecule has 0 bridgehead atoms. The molecule has 1 aliphatic rings. The van der Waals surface area contributed by atoms with Gasteiger partial charge in [0.2, 0.25) is 11.8 Å². The Morgan fingerprint density at radius 2 is 1.53 bits per heavy atom. The van der Waals surface area contributed by atoms with Crippen LogP contribution in [0.25, 0.3) is 0 Å². The fourth-order valence-corrected chi connectivity index (χ4v) is 2.62. The van der Waals surface area contributed by atoms with E-state index in [1.807, 2.05) is 6.92 Å². The number of hydrogen-bond acceptors (Lipinski definition) is 2. The summed E-state index contributed by atoms with van der Waals surface area (Å²) in [6.07, 6.45) is 9.68. The van der Waals surface area contributed by atoms with Gasteiger partial charge in [-0.2, -0.15) is 0 Å². The molecule has 1 saturated carbocycles. The van der Waals surface area contributed by atoms with Crippen LogP contribution in [0, 0.1) is 5.92 Å². The van der Waals surface area contributed by atoms with E-state index in [-0.39, 0.29) is 11.8 Å². The number of rotatable bonds is 8. The first-order valence-corrected chi connectivity index (χ1v) is 7.75. The van der Waals surface area contributed by atoms with Gasteiger partial charge in [0.05, 0.1) is 0 Å². The molecule has 0 radical (unpaired) electrons. The normalized spacial score (nSPS) is 16.1. The van der Waals surface area contributed by atoms with E-state index in [1.54, 1.807) is 0 Å². The maximum atomic E-state index is 11.6. The summed E-state index contributed by atoms with van der Waals surface area (Å²) in [5, 5.41) is 5.66. The summed E-state index contributed by atoms with van der Waals surface area (Å²) in [5.41, 5.74) is 0. The van der Waals surface area contributed by atoms with Crippen LogP contribution in [0.15, 0.2) is 0 Å². The summed E-state index contributed by atoms with van der Waals surface area (Å²) < 4.78 is 0. The molecule has 19 heavy (non-hydrogen) atoms. The predicted molar refractivity (Wildman–Crippen MR) is 76.7 cm³/mol. The third-order valence-electron chi connectivity index (χ3n) is 3.75. The van der Waals surface area contributed by atoms with Gasteiger partial charge in [0.1, 0.15) is 0 Å². The van der Waals surface area contributed by atoms with E-state index in [9.17, 15) is 9.59 Å². The standard InChI is InChI=1S/C15H28N2O2/c1-2-6-14(18)16-11-12-17-15(19)10-9-13-7-4-3-5-8-13/h13H,2-12H2,1H3,(H,16,18)(H,17,19). The van der Waals surface area contributed by atoms with E-state index in [2.05, 4.69) is 10.6 Å². The van der Waals surface area contributed by atoms with Gasteiger partial charge in [0.25, 0.3) is 0 Å². The summed E-state index contributed by atoms with van der Waals surface area (Å²) in [5.74, 6) is 0.943. The van der Waals surface area contributed by atoms with Gasteiger partial charge >= 0.3 is 0 Å². The number of carbonyl (C=O) groups is 2. The molecule has 0 unspecified atom stereocenters. The third-order valence-corrected chi connectivity index (χ3v) is 3.75. The molecule has 0 saturated heterocycles. The van der Waals surface area contributed by atoms with Crippen molar-refractivity contribution >= 4 is 11.8 Å². The highest BCUT2D eigenvalue weighted by atomic mass is 16.2. The number of hydrogen-bond donors (Lipinski definition) is 2. The molecule has 1 aliphatic carbocycles. The van der Waals surface area contributed by atoms with Gasteiger partial charge in [-0.3, -0.25) is 9.59 Å². The smallest absolute Gasteiger partial charge is 0.220 e. The van der Waals surface area contributed by atoms with E-state index < -0.39 is 0 Å². The van der Waals surface area contributed by atoms with Crippen molar-refractivity contribution < 1.29 is 9.59 Å². The van der Waals surface area contributed by atoms with Crippen LogP contribution in [0.4, 0.5) is 0 Å². The Balaban J connectivity index is 1.97. The van der Waals surface area contributed by atoms with Crippen LogP contribution in [-0.4, -0.2) is 24.9 Å². The average molecular weight is 268 g/mol. The highest BCUT2D eigenvalue weighted by Crippen LogP contribution is 2.27. The van der Waals surface area contributed by atoms with E-state index in [1.165, 1.54) is 32.1 Å². The first-order valence-electron chi connectivity index (χ1n) is 7.75. The van der Waals surface area contributed by atoms with Crippen LogP contribution in [0.2, 0.25) is 0 Å². The Morgan fingerprint density at radius 3 is 2.11 bits per heavy atom. The summed E-state index contributed by atoms with van der Waals surface area (Å²) >= 11 is 0. The minimum Gasteiger partial charge on any atom is -0.354 e. The molecular formula is C15H28N2O2. The molecule has 0 aromatic heterocycles. The maximum Gasteiger partial charge on any atom is 0.220 e. The van der Waals surface area contributed by atoms with Crippen molar-refractivity contribution in [2.45, 2.75) is 64.7 Å². The van der Waals surface area contributed by atoms with Crippen LogP contribution in [0.1, 0.15) is 64.7 Å². The minimum atomic E-state index is 0.0685. The van der Waals surface area contributed by atoms with Crippen LogP contribution in [0.5, 0.6) is 0 Å². The molecule has 0 aromatic carbocycles. The van der Waals surface area contributed by atoms with Gasteiger partial charge in [-0.05, 0) is 18.8 Å². The monoisotopic (exact) mass is 268 g/mol. The molecule has 4 nitrogen and oxygen atoms in total. The molecule has 0 atom stereocenters. The van der Waals surface area contributed by atoms with Crippen molar-refractivity contribution in [1.29, 1.82) is 0 Å². The molecule has 0 aliphatic heterocycles. The highest BCUT2D eigenvalue weighted by Gasteiger charge is 2.14. The second kappa shape index (κ2) is 9.82. The Morgan fingerprint density at radius 1 is 0.947 bits per heavy atom. The van der Waals surface area contributed by atoms with Gasteiger partial charge in [-0.1, -0.05) is 39.0 Å². The Hall–Kier alpha value is -1.06. The molecule has 4 heteroatoms. The van der Waals surface area contributed by atoms with Crippen LogP contribution < -0.4 is 10.6 Å². The predicted octanol–water partition coefficient (Wildman–Crippen LogP) is 2.38. The summed E-state index contributed by atoms with van der Waals surface area (Å²) in [7, 11) is 0. The number of amides is 2. The van der Waals surface area contributed by atoms with Gasteiger partial charge in [-0.15, -0.1) is 0 Å². The molecule has 1 rings (SSSR count). The number of carbonyl (C=O) groups excluding carboxylic acids is 2. The fourth-order valence-electron chi connectivity index (χ4n) is 2.62. The SMILES string of the molecule is CCCC(=O)NCCNC(=O)CCC1CCCCC1. The lowest BCUT2D eigenvalue weighted by molar-refractivity contribution is -0.123. The first kappa shape index (κ1) is 16.0. The fraction of sp³-hybridized carbons (Fsp3) is 0.867. The van der Waals surface area contributed by atoms with Crippen molar-refractivity contribution in [2.24, 2.45) is 5.92 Å². The van der Waals surface area contributed by atoms with Gasteiger partial charge in [0, 0.05) is 25.9 Å². The molecule has 1 fully saturated rings. The largest absolute Gasteiger partial charge is 0.354 e. The molecule has 2 amide bonds. The van der Waals surface area contributed by atoms with Crippen molar-refractivity contribution in [2.75, 3.05) is 13.1 Å². The lowest BCUT2D eigenvalue weighted by Gasteiger charge is -2.20. The van der Waals surface area contributed by atoms with Crippen molar-refractivity contribution in [3.63, 3.8) is 0 Å². The second-order valence-electron chi connectivity index (χ2n) is 5.49. The Labute approximate surface area is 116 Å². The molecular weight excluding hydrogens is 240 g/mol. The highest BCUT2D eigenvalue weighted by molar-refractivity contribution is 5.77. The summed E-state index contributed by atoms with van der Waals surface area (Å²) in [4.78, 5) is 22.8. The average Bonchev–Trinajstić information content (AvgIpc) is 2.43. The zero-order valence-electron chi connectivity index (χ0n) is 12.2. The van der Waals surface area contributed by atoms with E-state index in [4.69, 9.17) is 0 Å². The molecule has 0 spiro atoms. The summed E-state index contributed by atoms with van der Waals surface area (Å²) in [6, 6.07) is 0. The van der Waals surface area contributed by atoms with E-state index in [0.29, 0.717) is 25.9 Å². The second-order valence-corrected chi connectivity index (χ2v) is 5.49. The van der Waals surface area contributed by atoms with Gasteiger partial charge in [0.15, 0.2) is 0 Å². The molecule has 0 aromatic rings. The molecule has 0 heterocycles. The van der Waals surface area contributed by atoms with E-state index >= 15 is 0 Å². The number of nitrogens with one attached hydrogen (secondary N) is 2. The van der Waals surface area contributed by atoms with Gasteiger partial charge in [-0.25, -0.2) is 0 Å². The lowest BCUT2D eigenvalue weighted by Crippen LogP contribution is -2.34. The first-order chi connectivity index (χ1) is 9.22. The zero-order chi connectivity index (χ0) is 13.9. The Kier molecular flexibility index (Phi) is 8.26. The van der Waals surface area contributed by atoms with Crippen LogP contribution in [0.3, 0.4) is 0 Å². The van der Waals surface area contributed by atoms with E-state index in [0.717, 1.165) is 18.8 Å².